The van der Waals surface area contributed by atoms with Crippen LogP contribution in [0, 0.1) is 0 Å². The summed E-state index contributed by atoms with van der Waals surface area (Å²) >= 11 is 0. The van der Waals surface area contributed by atoms with Crippen molar-refractivity contribution in [1.29, 1.82) is 0 Å². The minimum Gasteiger partial charge on any atom is -0.494 e. The van der Waals surface area contributed by atoms with Gasteiger partial charge in [-0.05, 0) is 48.4 Å². The quantitative estimate of drug-likeness (QED) is 0.645. The number of ether oxygens (including phenoxy) is 1. The summed E-state index contributed by atoms with van der Waals surface area (Å²) < 4.78 is 42.9. The minimum atomic E-state index is -4.37. The van der Waals surface area contributed by atoms with Crippen molar-refractivity contribution in [3.63, 3.8) is 0 Å². The van der Waals surface area contributed by atoms with Crippen LogP contribution in [-0.4, -0.2) is 13.1 Å². The number of guanidine groups is 1. The Morgan fingerprint density at radius 2 is 1.83 bits per heavy atom. The van der Waals surface area contributed by atoms with E-state index in [1.807, 2.05) is 19.1 Å². The first-order chi connectivity index (χ1) is 11.3. The molecule has 0 bridgehead atoms. The van der Waals surface area contributed by atoms with Gasteiger partial charge < -0.3 is 15.8 Å². The van der Waals surface area contributed by atoms with Crippen LogP contribution in [0.15, 0.2) is 47.5 Å². The monoisotopic (exact) mass is 337 g/mol. The fraction of sp³-hybridized carbons (Fsp3) is 0.235. The van der Waals surface area contributed by atoms with Gasteiger partial charge in [0.2, 0.25) is 0 Å². The lowest BCUT2D eigenvalue weighted by molar-refractivity contribution is -0.137. The highest BCUT2D eigenvalue weighted by molar-refractivity contribution is 5.94. The van der Waals surface area contributed by atoms with Crippen LogP contribution >= 0.6 is 0 Å². The van der Waals surface area contributed by atoms with E-state index in [4.69, 9.17) is 10.5 Å². The molecule has 3 N–H and O–H groups in total. The average molecular weight is 337 g/mol. The number of aliphatic imine (C=N–C) groups is 1. The highest BCUT2D eigenvalue weighted by Gasteiger charge is 2.29. The Labute approximate surface area is 138 Å². The summed E-state index contributed by atoms with van der Waals surface area (Å²) in [5, 5.41) is 2.76. The largest absolute Gasteiger partial charge is 0.494 e. The molecule has 2 aromatic rings. The summed E-state index contributed by atoms with van der Waals surface area (Å²) in [5.74, 6) is 0.616. The molecular formula is C17H18F3N3O. The Hall–Kier alpha value is -2.70. The topological polar surface area (TPSA) is 59.6 Å². The van der Waals surface area contributed by atoms with E-state index in [1.165, 1.54) is 19.2 Å². The van der Waals surface area contributed by atoms with Gasteiger partial charge in [-0.25, -0.2) is 4.99 Å². The molecule has 4 nitrogen and oxygen atoms in total. The summed E-state index contributed by atoms with van der Waals surface area (Å²) in [7, 11) is 1.53. The van der Waals surface area contributed by atoms with E-state index in [0.717, 1.165) is 24.1 Å². The Kier molecular flexibility index (Phi) is 5.33. The molecule has 0 unspecified atom stereocenters. The number of nitrogens with two attached hydrogens (primary N) is 1. The van der Waals surface area contributed by atoms with Crippen LogP contribution in [0.1, 0.15) is 18.1 Å². The molecule has 24 heavy (non-hydrogen) atoms. The van der Waals surface area contributed by atoms with E-state index in [-0.39, 0.29) is 5.96 Å². The number of alkyl halides is 3. The Morgan fingerprint density at radius 3 is 2.38 bits per heavy atom. The van der Waals surface area contributed by atoms with Crippen molar-refractivity contribution in [1.82, 2.24) is 0 Å². The number of rotatable bonds is 4. The predicted octanol–water partition coefficient (Wildman–Crippen LogP) is 4.33. The smallest absolute Gasteiger partial charge is 0.416 e. The molecule has 0 saturated carbocycles. The van der Waals surface area contributed by atoms with E-state index < -0.39 is 11.7 Å². The average Bonchev–Trinajstić information content (AvgIpc) is 2.54. The van der Waals surface area contributed by atoms with Crippen molar-refractivity contribution >= 4 is 17.3 Å². The molecule has 0 amide bonds. The van der Waals surface area contributed by atoms with Crippen LogP contribution in [0.25, 0.3) is 0 Å². The number of halogens is 3. The first-order valence-corrected chi connectivity index (χ1v) is 7.29. The summed E-state index contributed by atoms with van der Waals surface area (Å²) in [5.41, 5.74) is 7.14. The van der Waals surface area contributed by atoms with Gasteiger partial charge in [0.25, 0.3) is 0 Å². The van der Waals surface area contributed by atoms with Crippen molar-refractivity contribution in [3.05, 3.63) is 53.6 Å². The lowest BCUT2D eigenvalue weighted by Gasteiger charge is -2.10. The van der Waals surface area contributed by atoms with Crippen molar-refractivity contribution in [2.24, 2.45) is 10.7 Å². The van der Waals surface area contributed by atoms with Crippen molar-refractivity contribution in [2.45, 2.75) is 19.5 Å². The van der Waals surface area contributed by atoms with Crippen LogP contribution in [0.3, 0.4) is 0 Å². The van der Waals surface area contributed by atoms with Gasteiger partial charge in [-0.15, -0.1) is 0 Å². The predicted molar refractivity (Wildman–Crippen MR) is 88.7 cm³/mol. The van der Waals surface area contributed by atoms with E-state index in [2.05, 4.69) is 10.3 Å². The number of hydrogen-bond acceptors (Lipinski definition) is 2. The third-order valence-electron chi connectivity index (χ3n) is 3.38. The van der Waals surface area contributed by atoms with E-state index >= 15 is 0 Å². The zero-order chi connectivity index (χ0) is 17.7. The molecule has 0 atom stereocenters. The maximum absolute atomic E-state index is 12.5. The van der Waals surface area contributed by atoms with Gasteiger partial charge in [0, 0.05) is 5.69 Å². The SMILES string of the molecule is CCc1ccc(OC)c(N=C(N)Nc2ccc(C(F)(F)F)cc2)c1. The lowest BCUT2D eigenvalue weighted by atomic mass is 10.1. The molecule has 0 aliphatic carbocycles. The van der Waals surface area contributed by atoms with Gasteiger partial charge >= 0.3 is 6.18 Å². The lowest BCUT2D eigenvalue weighted by Crippen LogP contribution is -2.22. The zero-order valence-electron chi connectivity index (χ0n) is 13.3. The van der Waals surface area contributed by atoms with Crippen molar-refractivity contribution < 1.29 is 17.9 Å². The number of aryl methyl sites for hydroxylation is 1. The summed E-state index contributed by atoms with van der Waals surface area (Å²) in [4.78, 5) is 4.24. The maximum Gasteiger partial charge on any atom is 0.416 e. The molecule has 0 spiro atoms. The molecule has 128 valence electrons. The molecule has 0 fully saturated rings. The number of nitrogens with one attached hydrogen (secondary N) is 1. The number of nitrogens with zero attached hydrogens (tertiary/aromatic N) is 1. The van der Waals surface area contributed by atoms with E-state index in [0.29, 0.717) is 17.1 Å². The second-order valence-electron chi connectivity index (χ2n) is 5.06. The summed E-state index contributed by atoms with van der Waals surface area (Å²) in [6.45, 7) is 2.01. The number of methoxy groups -OCH3 is 1. The molecule has 2 rings (SSSR count). The van der Waals surface area contributed by atoms with Crippen LogP contribution < -0.4 is 15.8 Å². The van der Waals surface area contributed by atoms with Gasteiger partial charge in [0.15, 0.2) is 5.96 Å². The first kappa shape index (κ1) is 17.7. The van der Waals surface area contributed by atoms with Crippen LogP contribution in [0.2, 0.25) is 0 Å². The molecular weight excluding hydrogens is 319 g/mol. The molecule has 0 radical (unpaired) electrons. The van der Waals surface area contributed by atoms with Crippen molar-refractivity contribution in [2.75, 3.05) is 12.4 Å². The zero-order valence-corrected chi connectivity index (χ0v) is 13.3. The Balaban J connectivity index is 2.20. The molecule has 0 aliphatic heterocycles. The fourth-order valence-corrected chi connectivity index (χ4v) is 2.09. The van der Waals surface area contributed by atoms with Gasteiger partial charge in [-0.1, -0.05) is 13.0 Å². The third kappa shape index (κ3) is 4.41. The Morgan fingerprint density at radius 1 is 1.17 bits per heavy atom. The van der Waals surface area contributed by atoms with Gasteiger partial charge in [-0.2, -0.15) is 13.2 Å². The summed E-state index contributed by atoms with van der Waals surface area (Å²) in [6.07, 6.45) is -3.54. The molecule has 0 aliphatic rings. The molecule has 0 aromatic heterocycles. The van der Waals surface area contributed by atoms with Crippen molar-refractivity contribution in [3.8, 4) is 5.75 Å². The normalized spacial score (nSPS) is 12.1. The molecule has 2 aromatic carbocycles. The second kappa shape index (κ2) is 7.25. The van der Waals surface area contributed by atoms with Crippen LogP contribution in [-0.2, 0) is 12.6 Å². The third-order valence-corrected chi connectivity index (χ3v) is 3.38. The second-order valence-corrected chi connectivity index (χ2v) is 5.06. The molecule has 7 heteroatoms. The minimum absolute atomic E-state index is 0.0568. The van der Waals surface area contributed by atoms with Crippen LogP contribution in [0.4, 0.5) is 24.5 Å². The van der Waals surface area contributed by atoms with E-state index in [9.17, 15) is 13.2 Å². The Bertz CT molecular complexity index is 725. The van der Waals surface area contributed by atoms with Crippen LogP contribution in [0.5, 0.6) is 5.75 Å². The highest BCUT2D eigenvalue weighted by Crippen LogP contribution is 2.30. The number of benzene rings is 2. The summed E-state index contributed by atoms with van der Waals surface area (Å²) in [6, 6.07) is 10.1. The fourth-order valence-electron chi connectivity index (χ4n) is 2.09. The molecule has 0 saturated heterocycles. The van der Waals surface area contributed by atoms with Gasteiger partial charge in [0.1, 0.15) is 11.4 Å². The first-order valence-electron chi connectivity index (χ1n) is 7.29. The van der Waals surface area contributed by atoms with Gasteiger partial charge in [-0.3, -0.25) is 0 Å². The van der Waals surface area contributed by atoms with Gasteiger partial charge in [0.05, 0.1) is 12.7 Å². The van der Waals surface area contributed by atoms with E-state index in [1.54, 1.807) is 6.07 Å². The highest BCUT2D eigenvalue weighted by atomic mass is 19.4. The number of hydrogen-bond donors (Lipinski definition) is 2. The molecule has 0 heterocycles. The standard InChI is InChI=1S/C17H18F3N3O/c1-3-11-4-9-15(24-2)14(10-11)23-16(21)22-13-7-5-12(6-8-13)17(18,19)20/h4-10H,3H2,1-2H3,(H3,21,22,23). The maximum atomic E-state index is 12.5. The number of anilines is 1.